The third kappa shape index (κ3) is 5.17. The van der Waals surface area contributed by atoms with Crippen LogP contribution in [0.25, 0.3) is 0 Å². The number of rotatable bonds is 8. The van der Waals surface area contributed by atoms with E-state index in [0.717, 1.165) is 31.7 Å². The maximum absolute atomic E-state index is 12.3. The summed E-state index contributed by atoms with van der Waals surface area (Å²) in [5.41, 5.74) is 0.899. The molecule has 0 saturated heterocycles. The number of nitrogens with zero attached hydrogens (tertiary/aromatic N) is 2. The molecule has 0 atom stereocenters. The van der Waals surface area contributed by atoms with Crippen molar-refractivity contribution in [3.63, 3.8) is 0 Å². The van der Waals surface area contributed by atoms with Crippen LogP contribution in [-0.2, 0) is 16.4 Å². The van der Waals surface area contributed by atoms with Crippen molar-refractivity contribution in [2.45, 2.75) is 25.2 Å². The Morgan fingerprint density at radius 2 is 1.87 bits per heavy atom. The zero-order valence-electron chi connectivity index (χ0n) is 13.1. The molecule has 8 heteroatoms. The molecule has 0 radical (unpaired) electrons. The highest BCUT2D eigenvalue weighted by Crippen LogP contribution is 2.21. The van der Waals surface area contributed by atoms with Gasteiger partial charge in [-0.15, -0.1) is 11.3 Å². The summed E-state index contributed by atoms with van der Waals surface area (Å²) in [5, 5.41) is 2.77. The van der Waals surface area contributed by atoms with Gasteiger partial charge < -0.3 is 4.90 Å². The number of likely N-dealkylation sites (N-methyl/N-ethyl adjacent to an activating group) is 1. The van der Waals surface area contributed by atoms with Crippen molar-refractivity contribution in [3.05, 3.63) is 40.4 Å². The molecule has 1 aromatic heterocycles. The molecule has 23 heavy (non-hydrogen) atoms. The number of thiazole rings is 1. The Hall–Kier alpha value is -1.15. The van der Waals surface area contributed by atoms with Gasteiger partial charge in [0.25, 0.3) is 10.0 Å². The molecule has 0 aliphatic rings. The first kappa shape index (κ1) is 18.2. The van der Waals surface area contributed by atoms with Crippen molar-refractivity contribution >= 4 is 38.1 Å². The number of hydrogen-bond acceptors (Lipinski definition) is 5. The van der Waals surface area contributed by atoms with Gasteiger partial charge >= 0.3 is 0 Å². The number of benzene rings is 1. The van der Waals surface area contributed by atoms with Gasteiger partial charge in [0.05, 0.1) is 10.6 Å². The van der Waals surface area contributed by atoms with E-state index in [-0.39, 0.29) is 4.90 Å². The van der Waals surface area contributed by atoms with Gasteiger partial charge in [0.1, 0.15) is 0 Å². The second kappa shape index (κ2) is 8.10. The fourth-order valence-electron chi connectivity index (χ4n) is 2.07. The number of hydrogen-bond donors (Lipinski definition) is 1. The Morgan fingerprint density at radius 1 is 1.22 bits per heavy atom. The number of aromatic nitrogens is 1. The molecule has 1 heterocycles. The predicted molar refractivity (Wildman–Crippen MR) is 95.9 cm³/mol. The van der Waals surface area contributed by atoms with Crippen LogP contribution in [-0.4, -0.2) is 37.9 Å². The molecule has 2 rings (SSSR count). The molecule has 1 aromatic carbocycles. The smallest absolute Gasteiger partial charge is 0.263 e. The van der Waals surface area contributed by atoms with Crippen LogP contribution in [0.5, 0.6) is 0 Å². The molecule has 2 aromatic rings. The van der Waals surface area contributed by atoms with Gasteiger partial charge in [-0.25, -0.2) is 13.4 Å². The summed E-state index contributed by atoms with van der Waals surface area (Å²) < 4.78 is 27.1. The van der Waals surface area contributed by atoms with E-state index >= 15 is 0 Å². The summed E-state index contributed by atoms with van der Waals surface area (Å²) in [5.74, 6) is 0. The van der Waals surface area contributed by atoms with E-state index in [0.29, 0.717) is 10.2 Å². The monoisotopic (exact) mass is 373 g/mol. The lowest BCUT2D eigenvalue weighted by Crippen LogP contribution is -2.25. The quantitative estimate of drug-likeness (QED) is 0.769. The van der Waals surface area contributed by atoms with Crippen molar-refractivity contribution in [3.8, 4) is 0 Å². The molecule has 0 amide bonds. The second-order valence-corrected chi connectivity index (χ2v) is 7.96. The minimum absolute atomic E-state index is 0.168. The largest absolute Gasteiger partial charge is 0.303 e. The van der Waals surface area contributed by atoms with Gasteiger partial charge in [-0.1, -0.05) is 25.4 Å². The van der Waals surface area contributed by atoms with Crippen molar-refractivity contribution in [2.75, 3.05) is 24.4 Å². The second-order valence-electron chi connectivity index (χ2n) is 4.98. The Kier molecular flexibility index (Phi) is 6.41. The highest BCUT2D eigenvalue weighted by atomic mass is 35.5. The van der Waals surface area contributed by atoms with Crippen molar-refractivity contribution in [2.24, 2.45) is 0 Å². The average molecular weight is 374 g/mol. The molecular formula is C15H20ClN3O2S2. The Morgan fingerprint density at radius 3 is 2.48 bits per heavy atom. The summed E-state index contributed by atoms with van der Waals surface area (Å²) in [7, 11) is -3.63. The van der Waals surface area contributed by atoms with Crippen LogP contribution in [0.2, 0.25) is 5.02 Å². The molecule has 0 aliphatic heterocycles. The maximum Gasteiger partial charge on any atom is 0.263 e. The van der Waals surface area contributed by atoms with Gasteiger partial charge in [0.15, 0.2) is 5.13 Å². The molecule has 1 N–H and O–H groups in total. The maximum atomic E-state index is 12.3. The van der Waals surface area contributed by atoms with Gasteiger partial charge in [-0.3, -0.25) is 4.72 Å². The Bertz CT molecular complexity index is 725. The summed E-state index contributed by atoms with van der Waals surface area (Å²) >= 11 is 7.08. The third-order valence-corrected chi connectivity index (χ3v) is 6.02. The normalized spacial score (nSPS) is 11.8. The lowest BCUT2D eigenvalue weighted by Gasteiger charge is -2.16. The molecule has 0 fully saturated rings. The number of sulfonamides is 1. The summed E-state index contributed by atoms with van der Waals surface area (Å²) in [4.78, 5) is 6.83. The molecular weight excluding hydrogens is 354 g/mol. The van der Waals surface area contributed by atoms with E-state index in [1.165, 1.54) is 23.5 Å². The molecule has 0 saturated carbocycles. The lowest BCUT2D eigenvalue weighted by atomic mass is 10.3. The van der Waals surface area contributed by atoms with Crippen LogP contribution in [0, 0.1) is 0 Å². The number of nitrogens with one attached hydrogen (secondary N) is 1. The van der Waals surface area contributed by atoms with E-state index in [9.17, 15) is 8.42 Å². The van der Waals surface area contributed by atoms with E-state index in [1.807, 2.05) is 5.38 Å². The molecule has 0 aliphatic carbocycles. The predicted octanol–water partition coefficient (Wildman–Crippen LogP) is 3.48. The van der Waals surface area contributed by atoms with Crippen LogP contribution in [0.1, 0.15) is 19.5 Å². The summed E-state index contributed by atoms with van der Waals surface area (Å²) in [6.45, 7) is 7.15. The summed E-state index contributed by atoms with van der Waals surface area (Å²) in [6, 6.07) is 6.04. The van der Waals surface area contributed by atoms with Crippen LogP contribution in [0.15, 0.2) is 34.5 Å². The zero-order chi connectivity index (χ0) is 16.9. The van der Waals surface area contributed by atoms with Gasteiger partial charge in [-0.2, -0.15) is 0 Å². The first-order chi connectivity index (χ1) is 10.9. The minimum Gasteiger partial charge on any atom is -0.303 e. The van der Waals surface area contributed by atoms with Crippen LogP contribution >= 0.6 is 22.9 Å². The zero-order valence-corrected chi connectivity index (χ0v) is 15.5. The minimum atomic E-state index is -3.63. The lowest BCUT2D eigenvalue weighted by molar-refractivity contribution is 0.307. The molecule has 126 valence electrons. The molecule has 5 nitrogen and oxygen atoms in total. The van der Waals surface area contributed by atoms with Crippen LogP contribution in [0.4, 0.5) is 5.13 Å². The molecule has 0 bridgehead atoms. The van der Waals surface area contributed by atoms with Crippen molar-refractivity contribution in [1.82, 2.24) is 9.88 Å². The summed E-state index contributed by atoms with van der Waals surface area (Å²) in [6.07, 6.45) is 0.806. The third-order valence-electron chi connectivity index (χ3n) is 3.48. The van der Waals surface area contributed by atoms with Gasteiger partial charge in [0.2, 0.25) is 0 Å². The fraction of sp³-hybridized carbons (Fsp3) is 0.400. The standard InChI is InChI=1S/C15H20ClN3O2S2/c1-3-19(4-2)10-9-13-11-22-15(17-13)18-23(20,21)14-7-5-12(16)6-8-14/h5-8,11H,3-4,9-10H2,1-2H3,(H,17,18). The van der Waals surface area contributed by atoms with Crippen LogP contribution in [0.3, 0.4) is 0 Å². The first-order valence-electron chi connectivity index (χ1n) is 7.39. The highest BCUT2D eigenvalue weighted by molar-refractivity contribution is 7.93. The van der Waals surface area contributed by atoms with E-state index < -0.39 is 10.0 Å². The Balaban J connectivity index is 2.02. The van der Waals surface area contributed by atoms with Crippen molar-refractivity contribution < 1.29 is 8.42 Å². The number of anilines is 1. The fourth-order valence-corrected chi connectivity index (χ4v) is 4.19. The first-order valence-corrected chi connectivity index (χ1v) is 10.1. The van der Waals surface area contributed by atoms with Gasteiger partial charge in [-0.05, 0) is 37.4 Å². The van der Waals surface area contributed by atoms with E-state index in [2.05, 4.69) is 28.5 Å². The topological polar surface area (TPSA) is 62.3 Å². The Labute approximate surface area is 146 Å². The SMILES string of the molecule is CCN(CC)CCc1csc(NS(=O)(=O)c2ccc(Cl)cc2)n1. The highest BCUT2D eigenvalue weighted by Gasteiger charge is 2.16. The van der Waals surface area contributed by atoms with Gasteiger partial charge in [0, 0.05) is 23.4 Å². The van der Waals surface area contributed by atoms with E-state index in [4.69, 9.17) is 11.6 Å². The van der Waals surface area contributed by atoms with Crippen molar-refractivity contribution in [1.29, 1.82) is 0 Å². The van der Waals surface area contributed by atoms with Crippen LogP contribution < -0.4 is 4.72 Å². The number of halogens is 1. The molecule has 0 spiro atoms. The average Bonchev–Trinajstić information content (AvgIpc) is 2.95. The van der Waals surface area contributed by atoms with E-state index in [1.54, 1.807) is 12.1 Å². The molecule has 0 unspecified atom stereocenters.